The highest BCUT2D eigenvalue weighted by atomic mass is 15.2. The first kappa shape index (κ1) is 41.5. The zero-order valence-corrected chi connectivity index (χ0v) is 39.5. The molecule has 12 aromatic carbocycles. The number of fused-ring (bicyclic) bond motifs is 12. The molecule has 0 unspecified atom stereocenters. The third kappa shape index (κ3) is 6.45. The lowest BCUT2D eigenvalue weighted by Crippen LogP contribution is -2.36. The average Bonchev–Trinajstić information content (AvgIpc) is 3.74. The van der Waals surface area contributed by atoms with Crippen molar-refractivity contribution in [3.8, 4) is 22.3 Å². The molecule has 3 heteroatoms. The van der Waals surface area contributed by atoms with Crippen LogP contribution in [0.5, 0.6) is 0 Å². The fraction of sp³-hybridized carbons (Fsp3) is 0.0145. The van der Waals surface area contributed by atoms with Gasteiger partial charge in [0.05, 0.1) is 22.5 Å². The molecular formula is C69H47N3. The van der Waals surface area contributed by atoms with Gasteiger partial charge in [-0.1, -0.05) is 194 Å². The van der Waals surface area contributed by atoms with Gasteiger partial charge >= 0.3 is 0 Å². The molecule has 12 aromatic rings. The van der Waals surface area contributed by atoms with Crippen molar-refractivity contribution in [1.82, 2.24) is 0 Å². The maximum Gasteiger partial charge on any atom is 0.0754 e. The topological polar surface area (TPSA) is 9.72 Å². The van der Waals surface area contributed by atoms with Crippen LogP contribution in [-0.2, 0) is 5.41 Å². The van der Waals surface area contributed by atoms with E-state index in [1.807, 2.05) is 0 Å². The maximum atomic E-state index is 2.47. The predicted octanol–water partition coefficient (Wildman–Crippen LogP) is 18.7. The molecule has 1 aliphatic carbocycles. The van der Waals surface area contributed by atoms with Gasteiger partial charge in [-0.05, 0) is 152 Å². The Morgan fingerprint density at radius 3 is 1.38 bits per heavy atom. The van der Waals surface area contributed by atoms with E-state index < -0.39 is 5.41 Å². The first-order valence-electron chi connectivity index (χ1n) is 24.8. The van der Waals surface area contributed by atoms with Gasteiger partial charge in [0.25, 0.3) is 0 Å². The minimum Gasteiger partial charge on any atom is -0.310 e. The second kappa shape index (κ2) is 16.9. The van der Waals surface area contributed by atoms with Crippen LogP contribution in [0.4, 0.5) is 51.2 Å². The van der Waals surface area contributed by atoms with E-state index in [0.717, 1.165) is 39.8 Å². The lowest BCUT2D eigenvalue weighted by molar-refractivity contribution is 0.752. The van der Waals surface area contributed by atoms with Crippen LogP contribution in [0.3, 0.4) is 0 Å². The van der Waals surface area contributed by atoms with E-state index in [2.05, 4.69) is 300 Å². The number of hydrogen-bond donors (Lipinski definition) is 0. The normalized spacial score (nSPS) is 12.8. The molecule has 0 radical (unpaired) electrons. The van der Waals surface area contributed by atoms with Crippen LogP contribution in [0.2, 0.25) is 0 Å². The minimum atomic E-state index is -0.641. The largest absolute Gasteiger partial charge is 0.310 e. The Balaban J connectivity index is 1.06. The molecular weight excluding hydrogens is 871 g/mol. The SMILES string of the molecule is c1ccc(-c2cccc(N(c3ccccc3)c3ccc4c(c3)-c3cc(N(c5ccccc5)c5cc6ccccc6c6ccccc56)ccc3C43c4ccccc4N(c4ccccc4)c4ccccc43)c2)cc1. The van der Waals surface area contributed by atoms with Gasteiger partial charge in [0.2, 0.25) is 0 Å². The van der Waals surface area contributed by atoms with Gasteiger partial charge in [-0.15, -0.1) is 0 Å². The number of hydrogen-bond acceptors (Lipinski definition) is 3. The van der Waals surface area contributed by atoms with Gasteiger partial charge in [-0.25, -0.2) is 0 Å². The van der Waals surface area contributed by atoms with Crippen LogP contribution in [-0.4, -0.2) is 0 Å². The fourth-order valence-electron chi connectivity index (χ4n) is 12.0. The molecule has 0 atom stereocenters. The Labute approximate surface area is 420 Å². The summed E-state index contributed by atoms with van der Waals surface area (Å²) in [4.78, 5) is 7.34. The van der Waals surface area contributed by atoms with Crippen molar-refractivity contribution >= 4 is 72.7 Å². The monoisotopic (exact) mass is 917 g/mol. The first-order valence-corrected chi connectivity index (χ1v) is 24.8. The van der Waals surface area contributed by atoms with Crippen LogP contribution >= 0.6 is 0 Å². The highest BCUT2D eigenvalue weighted by Crippen LogP contribution is 2.64. The molecule has 0 amide bonds. The summed E-state index contributed by atoms with van der Waals surface area (Å²) in [6.07, 6.45) is 0. The van der Waals surface area contributed by atoms with Gasteiger partial charge in [0.1, 0.15) is 0 Å². The maximum absolute atomic E-state index is 2.47. The summed E-state index contributed by atoms with van der Waals surface area (Å²) in [6.45, 7) is 0. The second-order valence-corrected chi connectivity index (χ2v) is 18.8. The second-order valence-electron chi connectivity index (χ2n) is 18.8. The molecule has 1 spiro atoms. The van der Waals surface area contributed by atoms with Gasteiger partial charge in [0, 0.05) is 39.5 Å². The first-order chi connectivity index (χ1) is 35.7. The summed E-state index contributed by atoms with van der Waals surface area (Å²) in [5, 5.41) is 4.89. The Morgan fingerprint density at radius 1 is 0.278 bits per heavy atom. The molecule has 1 heterocycles. The molecule has 0 aromatic heterocycles. The number of nitrogens with zero attached hydrogens (tertiary/aromatic N) is 3. The van der Waals surface area contributed by atoms with Gasteiger partial charge in [-0.3, -0.25) is 0 Å². The molecule has 0 fully saturated rings. The molecule has 2 aliphatic rings. The average molecular weight is 918 g/mol. The molecule has 14 rings (SSSR count). The predicted molar refractivity (Wildman–Crippen MR) is 302 cm³/mol. The van der Waals surface area contributed by atoms with Crippen LogP contribution in [0.15, 0.2) is 285 Å². The number of para-hydroxylation sites is 5. The molecule has 3 nitrogen and oxygen atoms in total. The smallest absolute Gasteiger partial charge is 0.0754 e. The molecule has 0 N–H and O–H groups in total. The van der Waals surface area contributed by atoms with E-state index in [1.165, 1.54) is 77.4 Å². The third-order valence-electron chi connectivity index (χ3n) is 15.0. The van der Waals surface area contributed by atoms with E-state index >= 15 is 0 Å². The van der Waals surface area contributed by atoms with E-state index in [9.17, 15) is 0 Å². The zero-order valence-electron chi connectivity index (χ0n) is 39.5. The summed E-state index contributed by atoms with van der Waals surface area (Å²) >= 11 is 0. The van der Waals surface area contributed by atoms with Crippen molar-refractivity contribution < 1.29 is 0 Å². The fourth-order valence-corrected chi connectivity index (χ4v) is 12.0. The number of benzene rings is 12. The van der Waals surface area contributed by atoms with Crippen LogP contribution < -0.4 is 14.7 Å². The molecule has 0 saturated carbocycles. The third-order valence-corrected chi connectivity index (χ3v) is 15.0. The van der Waals surface area contributed by atoms with E-state index in [4.69, 9.17) is 0 Å². The summed E-state index contributed by atoms with van der Waals surface area (Å²) < 4.78 is 0. The Kier molecular flexibility index (Phi) is 9.75. The quantitative estimate of drug-likeness (QED) is 0.141. The van der Waals surface area contributed by atoms with Crippen LogP contribution in [0.1, 0.15) is 22.3 Å². The van der Waals surface area contributed by atoms with E-state index in [-0.39, 0.29) is 0 Å². The number of anilines is 9. The van der Waals surface area contributed by atoms with Gasteiger partial charge in [-0.2, -0.15) is 0 Å². The molecule has 1 aliphatic heterocycles. The van der Waals surface area contributed by atoms with Crippen molar-refractivity contribution in [2.24, 2.45) is 0 Å². The molecule has 0 saturated heterocycles. The van der Waals surface area contributed by atoms with E-state index in [1.54, 1.807) is 0 Å². The van der Waals surface area contributed by atoms with Crippen molar-refractivity contribution in [2.75, 3.05) is 14.7 Å². The van der Waals surface area contributed by atoms with E-state index in [0.29, 0.717) is 0 Å². The standard InChI is InChI=1S/C69H47N3/c1-5-22-48(23-6-1)49-25-21-32-54(44-49)70(51-26-7-2-8-27-51)55-40-42-62-60(46-55)61-47-56(71(52-28-9-3-10-29-52)68-45-50-24-13-14-33-57(50)58-34-15-16-35-59(58)68)41-43-63(61)69(62)64-36-17-19-38-66(64)72(53-30-11-4-12-31-53)67-39-20-18-37-65(67)69/h1-47H. The Hall–Kier alpha value is -9.44. The lowest BCUT2D eigenvalue weighted by Gasteiger charge is -2.45. The Morgan fingerprint density at radius 2 is 0.736 bits per heavy atom. The molecule has 0 bridgehead atoms. The minimum absolute atomic E-state index is 0.641. The summed E-state index contributed by atoms with van der Waals surface area (Å²) in [5.41, 5.74) is 19.2. The molecule has 72 heavy (non-hydrogen) atoms. The molecule has 338 valence electrons. The Bertz CT molecular complexity index is 3950. The summed E-state index contributed by atoms with van der Waals surface area (Å²) in [6, 6.07) is 105. The van der Waals surface area contributed by atoms with Crippen LogP contribution in [0.25, 0.3) is 43.8 Å². The van der Waals surface area contributed by atoms with Crippen molar-refractivity contribution in [2.45, 2.75) is 5.41 Å². The summed E-state index contributed by atoms with van der Waals surface area (Å²) in [7, 11) is 0. The van der Waals surface area contributed by atoms with Crippen LogP contribution in [0, 0.1) is 0 Å². The highest BCUT2D eigenvalue weighted by Gasteiger charge is 2.52. The lowest BCUT2D eigenvalue weighted by atomic mass is 9.64. The number of rotatable bonds is 8. The van der Waals surface area contributed by atoms with Crippen molar-refractivity contribution in [3.63, 3.8) is 0 Å². The van der Waals surface area contributed by atoms with Crippen molar-refractivity contribution in [3.05, 3.63) is 307 Å². The zero-order chi connectivity index (χ0) is 47.6. The highest BCUT2D eigenvalue weighted by molar-refractivity contribution is 6.15. The van der Waals surface area contributed by atoms with Gasteiger partial charge < -0.3 is 14.7 Å². The van der Waals surface area contributed by atoms with Gasteiger partial charge in [0.15, 0.2) is 0 Å². The summed E-state index contributed by atoms with van der Waals surface area (Å²) in [5.74, 6) is 0. The van der Waals surface area contributed by atoms with Crippen molar-refractivity contribution in [1.29, 1.82) is 0 Å².